The summed E-state index contributed by atoms with van der Waals surface area (Å²) >= 11 is 0. The lowest BCUT2D eigenvalue weighted by atomic mass is 10.0. The highest BCUT2D eigenvalue weighted by molar-refractivity contribution is 5.97. The van der Waals surface area contributed by atoms with Crippen LogP contribution in [-0.4, -0.2) is 18.5 Å². The molecule has 0 aromatic heterocycles. The number of carbonyl (C=O) groups is 1. The van der Waals surface area contributed by atoms with E-state index < -0.39 is 6.04 Å². The molecule has 1 aromatic carbocycles. The number of carbonyl (C=O) groups excluding carboxylic acids is 1. The number of anilines is 1. The van der Waals surface area contributed by atoms with Gasteiger partial charge in [0, 0.05) is 12.2 Å². The van der Waals surface area contributed by atoms with Gasteiger partial charge in [-0.3, -0.25) is 4.79 Å². The Morgan fingerprint density at radius 3 is 2.58 bits per heavy atom. The molecular weight excluding hydrogens is 243 g/mol. The topological polar surface area (TPSA) is 32.3 Å². The van der Waals surface area contributed by atoms with E-state index in [2.05, 4.69) is 0 Å². The molecule has 0 bridgehead atoms. The summed E-state index contributed by atoms with van der Waals surface area (Å²) in [7, 11) is 0. The van der Waals surface area contributed by atoms with Gasteiger partial charge in [0.25, 0.3) is 0 Å². The summed E-state index contributed by atoms with van der Waals surface area (Å²) in [4.78, 5) is 14.0. The molecule has 0 aliphatic rings. The number of halogens is 1. The van der Waals surface area contributed by atoms with Gasteiger partial charge >= 0.3 is 0 Å². The Morgan fingerprint density at radius 1 is 1.42 bits per heavy atom. The zero-order chi connectivity index (χ0) is 14.4. The lowest BCUT2D eigenvalue weighted by Gasteiger charge is -2.26. The second-order valence-electron chi connectivity index (χ2n) is 5.21. The first-order chi connectivity index (χ1) is 8.99. The van der Waals surface area contributed by atoms with Crippen molar-refractivity contribution in [2.75, 3.05) is 11.4 Å². The van der Waals surface area contributed by atoms with Crippen LogP contribution in [-0.2, 0) is 4.79 Å². The van der Waals surface area contributed by atoms with Gasteiger partial charge in [-0.2, -0.15) is 0 Å². The van der Waals surface area contributed by atoms with Crippen molar-refractivity contribution >= 4 is 11.6 Å². The van der Waals surface area contributed by atoms with Gasteiger partial charge < -0.3 is 4.90 Å². The summed E-state index contributed by atoms with van der Waals surface area (Å²) in [6.07, 6.45) is 0.484. The second-order valence-corrected chi connectivity index (χ2v) is 5.21. The van der Waals surface area contributed by atoms with E-state index in [1.165, 1.54) is 0 Å². The van der Waals surface area contributed by atoms with E-state index in [4.69, 9.17) is 0 Å². The van der Waals surface area contributed by atoms with Gasteiger partial charge in [-0.05, 0) is 43.9 Å². The first kappa shape index (κ1) is 15.6. The van der Waals surface area contributed by atoms with Gasteiger partial charge in [0.15, 0.2) is 0 Å². The van der Waals surface area contributed by atoms with E-state index in [0.717, 1.165) is 11.3 Å². The third kappa shape index (κ3) is 4.31. The van der Waals surface area contributed by atoms with Crippen LogP contribution in [0.3, 0.4) is 0 Å². The van der Waals surface area contributed by atoms with E-state index in [1.807, 2.05) is 52.0 Å². The average Bonchev–Trinajstić information content (AvgIpc) is 2.36. The zero-order valence-corrected chi connectivity index (χ0v) is 12.1. The molecule has 1 rings (SSSR count). The number of hydrogen-bond donors (Lipinski definition) is 1. The van der Waals surface area contributed by atoms with E-state index in [0.29, 0.717) is 13.0 Å². The average molecular weight is 266 g/mol. The normalized spacial score (nSPS) is 12.5. The number of nitrogens with one attached hydrogen (secondary N) is 1. The van der Waals surface area contributed by atoms with Crippen LogP contribution < -0.4 is 10.4 Å². The predicted octanol–water partition coefficient (Wildman–Crippen LogP) is 3.24. The van der Waals surface area contributed by atoms with Crippen LogP contribution in [0.5, 0.6) is 0 Å². The summed E-state index contributed by atoms with van der Waals surface area (Å²) in [6.45, 7) is 8.34. The standard InChI is InChI=1S/C15H23FN2O/c1-5-18(13-8-6-7-12(4)10-13)15(19)14(17-16)9-11(2)3/h6-8,10-11,14,17H,5,9H2,1-4H3/t14-/m0/s1. The number of likely N-dealkylation sites (N-methyl/N-ethyl adjacent to an activating group) is 1. The zero-order valence-electron chi connectivity index (χ0n) is 12.1. The molecule has 1 atom stereocenters. The summed E-state index contributed by atoms with van der Waals surface area (Å²) in [5.74, 6) is 0.0396. The Hall–Kier alpha value is -1.42. The van der Waals surface area contributed by atoms with Gasteiger partial charge in [0.2, 0.25) is 5.91 Å². The maximum absolute atomic E-state index is 12.9. The van der Waals surface area contributed by atoms with Crippen molar-refractivity contribution in [3.63, 3.8) is 0 Å². The van der Waals surface area contributed by atoms with Crippen molar-refractivity contribution in [3.05, 3.63) is 29.8 Å². The van der Waals surface area contributed by atoms with Gasteiger partial charge in [0.05, 0.1) is 0 Å². The summed E-state index contributed by atoms with van der Waals surface area (Å²) in [6, 6.07) is 6.91. The molecule has 0 fully saturated rings. The SMILES string of the molecule is CCN(C(=O)[C@H](CC(C)C)NF)c1cccc(C)c1. The quantitative estimate of drug-likeness (QED) is 0.802. The number of nitrogens with zero attached hydrogens (tertiary/aromatic N) is 1. The minimum absolute atomic E-state index is 0.218. The fourth-order valence-electron chi connectivity index (χ4n) is 2.11. The lowest BCUT2D eigenvalue weighted by molar-refractivity contribution is -0.122. The molecule has 3 nitrogen and oxygen atoms in total. The molecule has 0 radical (unpaired) electrons. The summed E-state index contributed by atoms with van der Waals surface area (Å²) < 4.78 is 12.9. The highest BCUT2D eigenvalue weighted by Crippen LogP contribution is 2.18. The van der Waals surface area contributed by atoms with Gasteiger partial charge in [-0.1, -0.05) is 26.0 Å². The Labute approximate surface area is 114 Å². The first-order valence-electron chi connectivity index (χ1n) is 6.73. The molecule has 0 unspecified atom stereocenters. The minimum atomic E-state index is -0.777. The fourth-order valence-corrected chi connectivity index (χ4v) is 2.11. The Kier molecular flexibility index (Phi) is 5.96. The van der Waals surface area contributed by atoms with Crippen molar-refractivity contribution in [3.8, 4) is 0 Å². The molecule has 1 N–H and O–H groups in total. The van der Waals surface area contributed by atoms with E-state index in [-0.39, 0.29) is 11.8 Å². The molecule has 0 spiro atoms. The van der Waals surface area contributed by atoms with Crippen LogP contribution in [0.1, 0.15) is 32.8 Å². The number of hydrogen-bond acceptors (Lipinski definition) is 2. The third-order valence-electron chi connectivity index (χ3n) is 3.03. The Bertz CT molecular complexity index is 420. The summed E-state index contributed by atoms with van der Waals surface area (Å²) in [5.41, 5.74) is 3.54. The van der Waals surface area contributed by atoms with E-state index in [9.17, 15) is 9.28 Å². The van der Waals surface area contributed by atoms with E-state index in [1.54, 1.807) is 10.4 Å². The molecule has 4 heteroatoms. The van der Waals surface area contributed by atoms with Crippen LogP contribution in [0, 0.1) is 12.8 Å². The van der Waals surface area contributed by atoms with Crippen molar-refractivity contribution in [1.29, 1.82) is 0 Å². The fraction of sp³-hybridized carbons (Fsp3) is 0.533. The highest BCUT2D eigenvalue weighted by atomic mass is 19.2. The van der Waals surface area contributed by atoms with Gasteiger partial charge in [0.1, 0.15) is 6.04 Å². The maximum Gasteiger partial charge on any atom is 0.246 e. The molecule has 0 saturated heterocycles. The monoisotopic (exact) mass is 266 g/mol. The minimum Gasteiger partial charge on any atom is -0.311 e. The van der Waals surface area contributed by atoms with Gasteiger partial charge in [-0.15, -0.1) is 10.0 Å². The Morgan fingerprint density at radius 2 is 2.11 bits per heavy atom. The van der Waals surface area contributed by atoms with Crippen molar-refractivity contribution in [2.24, 2.45) is 5.92 Å². The van der Waals surface area contributed by atoms with E-state index >= 15 is 0 Å². The molecule has 1 amide bonds. The molecule has 19 heavy (non-hydrogen) atoms. The largest absolute Gasteiger partial charge is 0.311 e. The number of aryl methyl sites for hydroxylation is 1. The number of benzene rings is 1. The van der Waals surface area contributed by atoms with Crippen molar-refractivity contribution in [1.82, 2.24) is 5.54 Å². The Balaban J connectivity index is 2.92. The first-order valence-corrected chi connectivity index (χ1v) is 6.73. The van der Waals surface area contributed by atoms with Crippen LogP contribution in [0.4, 0.5) is 10.2 Å². The van der Waals surface area contributed by atoms with Crippen LogP contribution in [0.15, 0.2) is 24.3 Å². The summed E-state index contributed by atoms with van der Waals surface area (Å²) in [5, 5.41) is 0. The van der Waals surface area contributed by atoms with Crippen molar-refractivity contribution in [2.45, 2.75) is 40.2 Å². The molecule has 1 aromatic rings. The number of amides is 1. The van der Waals surface area contributed by atoms with Crippen LogP contribution in [0.2, 0.25) is 0 Å². The molecule has 106 valence electrons. The molecule has 0 heterocycles. The molecule has 0 aliphatic carbocycles. The number of rotatable bonds is 6. The molecule has 0 aliphatic heterocycles. The van der Waals surface area contributed by atoms with Crippen molar-refractivity contribution < 1.29 is 9.28 Å². The maximum atomic E-state index is 12.9. The smallest absolute Gasteiger partial charge is 0.246 e. The van der Waals surface area contributed by atoms with Crippen LogP contribution in [0.25, 0.3) is 0 Å². The second kappa shape index (κ2) is 7.24. The van der Waals surface area contributed by atoms with Gasteiger partial charge in [-0.25, -0.2) is 0 Å². The predicted molar refractivity (Wildman–Crippen MR) is 76.7 cm³/mol. The highest BCUT2D eigenvalue weighted by Gasteiger charge is 2.25. The molecular formula is C15H23FN2O. The third-order valence-corrected chi connectivity index (χ3v) is 3.03. The molecule has 0 saturated carbocycles. The lowest BCUT2D eigenvalue weighted by Crippen LogP contribution is -2.45. The van der Waals surface area contributed by atoms with Crippen LogP contribution >= 0.6 is 0 Å².